The van der Waals surface area contributed by atoms with Gasteiger partial charge in [0.15, 0.2) is 0 Å². The van der Waals surface area contributed by atoms with Crippen molar-refractivity contribution in [2.75, 3.05) is 0 Å². The van der Waals surface area contributed by atoms with Gasteiger partial charge in [-0.15, -0.1) is 0 Å². The highest BCUT2D eigenvalue weighted by Gasteiger charge is 2.30. The fourth-order valence-electron chi connectivity index (χ4n) is 2.37. The van der Waals surface area contributed by atoms with E-state index in [0.717, 1.165) is 24.1 Å². The Morgan fingerprint density at radius 1 is 1.38 bits per heavy atom. The summed E-state index contributed by atoms with van der Waals surface area (Å²) in [6.07, 6.45) is 4.60. The molecule has 0 atom stereocenters. The summed E-state index contributed by atoms with van der Waals surface area (Å²) in [5.74, 6) is 0.441. The molecule has 1 aliphatic rings. The molecule has 1 saturated carbocycles. The summed E-state index contributed by atoms with van der Waals surface area (Å²) in [5.41, 5.74) is 2.66. The zero-order valence-electron chi connectivity index (χ0n) is 11.1. The lowest BCUT2D eigenvalue weighted by atomic mass is 10.1. The van der Waals surface area contributed by atoms with Crippen molar-refractivity contribution in [2.24, 2.45) is 0 Å². The molecule has 2 aromatic rings. The fourth-order valence-corrected chi connectivity index (χ4v) is 3.34. The molecule has 111 valence electrons. The standard InChI is InChI=1S/C14H13Cl2N2O2S/c1-2-9-8-17-18(14(9)10-3-4-10)13-7-11(21(16,19)20)5-6-12(13)15/h5-8,10H,1-4H2. The predicted octanol–water partition coefficient (Wildman–Crippen LogP) is 3.71. The van der Waals surface area contributed by atoms with Gasteiger partial charge in [0.05, 0.1) is 27.5 Å². The number of aromatic nitrogens is 2. The minimum Gasteiger partial charge on any atom is -0.236 e. The van der Waals surface area contributed by atoms with Crippen molar-refractivity contribution in [3.63, 3.8) is 0 Å². The van der Waals surface area contributed by atoms with Crippen molar-refractivity contribution in [2.45, 2.75) is 30.1 Å². The third kappa shape index (κ3) is 2.82. The van der Waals surface area contributed by atoms with E-state index in [2.05, 4.69) is 12.0 Å². The van der Waals surface area contributed by atoms with Crippen LogP contribution in [0, 0.1) is 6.92 Å². The molecule has 0 aliphatic heterocycles. The van der Waals surface area contributed by atoms with Crippen molar-refractivity contribution in [1.29, 1.82) is 0 Å². The van der Waals surface area contributed by atoms with E-state index in [4.69, 9.17) is 22.3 Å². The molecule has 0 bridgehead atoms. The molecule has 1 fully saturated rings. The molecule has 21 heavy (non-hydrogen) atoms. The molecule has 1 aromatic carbocycles. The van der Waals surface area contributed by atoms with Gasteiger partial charge in [-0.05, 0) is 49.9 Å². The average Bonchev–Trinajstić information content (AvgIpc) is 3.17. The lowest BCUT2D eigenvalue weighted by Gasteiger charge is -2.11. The second-order valence-corrected chi connectivity index (χ2v) is 8.02. The van der Waals surface area contributed by atoms with Crippen LogP contribution < -0.4 is 0 Å². The Bertz CT molecular complexity index is 795. The van der Waals surface area contributed by atoms with Crippen LogP contribution in [-0.4, -0.2) is 18.2 Å². The van der Waals surface area contributed by atoms with E-state index >= 15 is 0 Å². The molecule has 1 radical (unpaired) electrons. The summed E-state index contributed by atoms with van der Waals surface area (Å²) in [6, 6.07) is 4.36. The van der Waals surface area contributed by atoms with Gasteiger partial charge in [-0.2, -0.15) is 5.10 Å². The predicted molar refractivity (Wildman–Crippen MR) is 82.6 cm³/mol. The van der Waals surface area contributed by atoms with E-state index in [1.807, 2.05) is 0 Å². The zero-order valence-corrected chi connectivity index (χ0v) is 13.4. The van der Waals surface area contributed by atoms with Crippen molar-refractivity contribution in [1.82, 2.24) is 9.78 Å². The number of benzene rings is 1. The molecule has 3 rings (SSSR count). The van der Waals surface area contributed by atoms with Gasteiger partial charge in [0.2, 0.25) is 0 Å². The number of hydrogen-bond acceptors (Lipinski definition) is 3. The van der Waals surface area contributed by atoms with Gasteiger partial charge < -0.3 is 0 Å². The van der Waals surface area contributed by atoms with Crippen molar-refractivity contribution < 1.29 is 8.42 Å². The van der Waals surface area contributed by atoms with Gasteiger partial charge in [0.1, 0.15) is 0 Å². The first-order valence-corrected chi connectivity index (χ1v) is 9.21. The lowest BCUT2D eigenvalue weighted by molar-refractivity contribution is 0.609. The van der Waals surface area contributed by atoms with Crippen molar-refractivity contribution in [3.05, 3.63) is 47.6 Å². The monoisotopic (exact) mass is 343 g/mol. The number of hydrogen-bond donors (Lipinski definition) is 0. The van der Waals surface area contributed by atoms with Crippen LogP contribution in [0.4, 0.5) is 0 Å². The minimum absolute atomic E-state index is 0.0111. The molecule has 1 aliphatic carbocycles. The first-order chi connectivity index (χ1) is 9.91. The van der Waals surface area contributed by atoms with Gasteiger partial charge >= 0.3 is 0 Å². The van der Waals surface area contributed by atoms with E-state index in [0.29, 0.717) is 23.0 Å². The summed E-state index contributed by atoms with van der Waals surface area (Å²) >= 11 is 6.22. The highest BCUT2D eigenvalue weighted by atomic mass is 35.7. The summed E-state index contributed by atoms with van der Waals surface area (Å²) in [6.45, 7) is 3.91. The van der Waals surface area contributed by atoms with E-state index in [-0.39, 0.29) is 4.90 Å². The highest BCUT2D eigenvalue weighted by molar-refractivity contribution is 8.13. The number of halogens is 2. The summed E-state index contributed by atoms with van der Waals surface area (Å²) < 4.78 is 24.7. The van der Waals surface area contributed by atoms with Crippen LogP contribution in [0.1, 0.15) is 30.0 Å². The zero-order chi connectivity index (χ0) is 15.2. The first kappa shape index (κ1) is 14.9. The van der Waals surface area contributed by atoms with Crippen molar-refractivity contribution >= 4 is 31.3 Å². The molecule has 0 amide bonds. The number of nitrogens with zero attached hydrogens (tertiary/aromatic N) is 2. The van der Waals surface area contributed by atoms with Crippen LogP contribution in [0.3, 0.4) is 0 Å². The Morgan fingerprint density at radius 3 is 2.67 bits per heavy atom. The maximum atomic E-state index is 11.5. The van der Waals surface area contributed by atoms with Crippen LogP contribution in [-0.2, 0) is 15.5 Å². The normalized spacial score (nSPS) is 15.4. The van der Waals surface area contributed by atoms with Gasteiger partial charge in [-0.25, -0.2) is 13.1 Å². The molecule has 1 aromatic heterocycles. The number of rotatable bonds is 4. The van der Waals surface area contributed by atoms with Gasteiger partial charge in [0, 0.05) is 16.6 Å². The molecule has 4 nitrogen and oxygen atoms in total. The molecule has 1 heterocycles. The Hall–Kier alpha value is -1.04. The maximum absolute atomic E-state index is 11.5. The fraction of sp³-hybridized carbons (Fsp3) is 0.286. The third-order valence-corrected chi connectivity index (χ3v) is 5.22. The molecule has 7 heteroatoms. The second kappa shape index (κ2) is 5.30. The smallest absolute Gasteiger partial charge is 0.236 e. The van der Waals surface area contributed by atoms with Crippen molar-refractivity contribution in [3.8, 4) is 5.69 Å². The SMILES string of the molecule is [CH2]Cc1cnn(-c2cc(S(=O)(=O)Cl)ccc2Cl)c1C1CC1. The maximum Gasteiger partial charge on any atom is 0.261 e. The van der Waals surface area contributed by atoms with Crippen LogP contribution in [0.2, 0.25) is 5.02 Å². The molecule has 0 unspecified atom stereocenters. The Labute approximate surface area is 133 Å². The first-order valence-electron chi connectivity index (χ1n) is 6.52. The average molecular weight is 344 g/mol. The molecule has 0 saturated heterocycles. The minimum atomic E-state index is -3.81. The largest absolute Gasteiger partial charge is 0.261 e. The highest BCUT2D eigenvalue weighted by Crippen LogP contribution is 2.43. The summed E-state index contributed by atoms with van der Waals surface area (Å²) in [5, 5.41) is 4.79. The van der Waals surface area contributed by atoms with Crippen LogP contribution in [0.25, 0.3) is 5.69 Å². The van der Waals surface area contributed by atoms with E-state index in [1.54, 1.807) is 10.9 Å². The molecular formula is C14H13Cl2N2O2S. The summed E-state index contributed by atoms with van der Waals surface area (Å²) in [4.78, 5) is 0.0111. The molecule has 0 spiro atoms. The third-order valence-electron chi connectivity index (χ3n) is 3.55. The van der Waals surface area contributed by atoms with Gasteiger partial charge in [0.25, 0.3) is 9.05 Å². The quantitative estimate of drug-likeness (QED) is 0.795. The molecule has 0 N–H and O–H groups in total. The summed E-state index contributed by atoms with van der Waals surface area (Å²) in [7, 11) is 1.60. The van der Waals surface area contributed by atoms with E-state index < -0.39 is 9.05 Å². The van der Waals surface area contributed by atoms with E-state index in [1.165, 1.54) is 18.2 Å². The van der Waals surface area contributed by atoms with Crippen LogP contribution in [0.15, 0.2) is 29.3 Å². The topological polar surface area (TPSA) is 52.0 Å². The molecular weight excluding hydrogens is 331 g/mol. The Kier molecular flexibility index (Phi) is 3.76. The van der Waals surface area contributed by atoms with E-state index in [9.17, 15) is 8.42 Å². The van der Waals surface area contributed by atoms with Crippen LogP contribution in [0.5, 0.6) is 0 Å². The van der Waals surface area contributed by atoms with Gasteiger partial charge in [-0.3, -0.25) is 0 Å². The van der Waals surface area contributed by atoms with Gasteiger partial charge in [-0.1, -0.05) is 11.6 Å². The van der Waals surface area contributed by atoms with Crippen LogP contribution >= 0.6 is 22.3 Å². The Morgan fingerprint density at radius 2 is 2.10 bits per heavy atom. The second-order valence-electron chi connectivity index (χ2n) is 5.04. The lowest BCUT2D eigenvalue weighted by Crippen LogP contribution is -2.04. The Balaban J connectivity index is 2.19.